The van der Waals surface area contributed by atoms with Crippen LogP contribution in [0.5, 0.6) is 5.75 Å². The number of hydrogen-bond acceptors (Lipinski definition) is 5. The van der Waals surface area contributed by atoms with Gasteiger partial charge in [0.2, 0.25) is 0 Å². The van der Waals surface area contributed by atoms with Gasteiger partial charge in [0.1, 0.15) is 17.3 Å². The van der Waals surface area contributed by atoms with E-state index >= 15 is 0 Å². The Bertz CT molecular complexity index is 824. The number of phenolic OH excluding ortho intramolecular Hbond substituents is 1. The standard InChI is InChI=1S/C18H19FN2O3S/c1-18(2,3)10-6-11(19)13(7-14(10)22)21-17(24)9-8-20-12-4-5-25-16(12)15(9)23/h4-8,12,16,22-23H,1-3H3,(H,21,24). The maximum atomic E-state index is 14.3. The van der Waals surface area contributed by atoms with Crippen molar-refractivity contribution in [3.05, 3.63) is 46.3 Å². The van der Waals surface area contributed by atoms with E-state index in [0.717, 1.165) is 0 Å². The summed E-state index contributed by atoms with van der Waals surface area (Å²) in [6.45, 7) is 5.56. The first-order chi connectivity index (χ1) is 11.7. The molecule has 1 amide bonds. The van der Waals surface area contributed by atoms with Crippen LogP contribution in [0.25, 0.3) is 0 Å². The molecule has 0 bridgehead atoms. The molecule has 25 heavy (non-hydrogen) atoms. The van der Waals surface area contributed by atoms with E-state index in [4.69, 9.17) is 0 Å². The molecule has 7 heteroatoms. The van der Waals surface area contributed by atoms with Gasteiger partial charge in [-0.05, 0) is 16.9 Å². The summed E-state index contributed by atoms with van der Waals surface area (Å²) < 4.78 is 14.3. The average Bonchev–Trinajstić information content (AvgIpc) is 2.99. The molecule has 132 valence electrons. The number of benzene rings is 1. The van der Waals surface area contributed by atoms with Crippen molar-refractivity contribution in [2.75, 3.05) is 5.32 Å². The van der Waals surface area contributed by atoms with E-state index in [1.165, 1.54) is 30.1 Å². The van der Waals surface area contributed by atoms with E-state index in [-0.39, 0.29) is 34.1 Å². The first-order valence-corrected chi connectivity index (χ1v) is 8.75. The van der Waals surface area contributed by atoms with Crippen LogP contribution < -0.4 is 5.32 Å². The van der Waals surface area contributed by atoms with Crippen molar-refractivity contribution >= 4 is 29.6 Å². The number of fused-ring (bicyclic) bond motifs is 1. The second-order valence-corrected chi connectivity index (χ2v) is 8.06. The highest BCUT2D eigenvalue weighted by Gasteiger charge is 2.33. The molecule has 0 saturated carbocycles. The zero-order valence-corrected chi connectivity index (χ0v) is 14.9. The number of nitrogens with one attached hydrogen (secondary N) is 1. The zero-order chi connectivity index (χ0) is 18.4. The number of amides is 1. The molecular formula is C18H19FN2O3S. The van der Waals surface area contributed by atoms with Gasteiger partial charge in [0.05, 0.1) is 22.6 Å². The molecule has 1 aromatic carbocycles. The fourth-order valence-electron chi connectivity index (χ4n) is 2.75. The molecule has 2 atom stereocenters. The third kappa shape index (κ3) is 3.28. The monoisotopic (exact) mass is 362 g/mol. The van der Waals surface area contributed by atoms with Crippen molar-refractivity contribution in [1.29, 1.82) is 0 Å². The minimum atomic E-state index is -0.672. The minimum absolute atomic E-state index is 0.00348. The molecule has 5 nitrogen and oxygen atoms in total. The van der Waals surface area contributed by atoms with Crippen molar-refractivity contribution < 1.29 is 19.4 Å². The van der Waals surface area contributed by atoms with Gasteiger partial charge in [0, 0.05) is 17.8 Å². The number of rotatable bonds is 2. The lowest BCUT2D eigenvalue weighted by molar-refractivity contribution is -0.112. The van der Waals surface area contributed by atoms with Gasteiger partial charge in [-0.2, -0.15) is 0 Å². The number of dihydropyridines is 1. The number of aromatic hydroxyl groups is 1. The lowest BCUT2D eigenvalue weighted by Gasteiger charge is -2.22. The molecule has 3 rings (SSSR count). The highest BCUT2D eigenvalue weighted by Crippen LogP contribution is 2.36. The van der Waals surface area contributed by atoms with Crippen LogP contribution >= 0.6 is 11.8 Å². The Hall–Kier alpha value is -2.28. The van der Waals surface area contributed by atoms with E-state index < -0.39 is 17.1 Å². The summed E-state index contributed by atoms with van der Waals surface area (Å²) in [5.41, 5.74) is -0.147. The van der Waals surface area contributed by atoms with Gasteiger partial charge in [0.15, 0.2) is 0 Å². The molecule has 2 aliphatic rings. The van der Waals surface area contributed by atoms with Gasteiger partial charge in [-0.15, -0.1) is 11.8 Å². The van der Waals surface area contributed by atoms with Crippen LogP contribution in [0.4, 0.5) is 10.1 Å². The van der Waals surface area contributed by atoms with Crippen LogP contribution in [-0.2, 0) is 10.2 Å². The predicted octanol–water partition coefficient (Wildman–Crippen LogP) is 3.66. The number of thioether (sulfide) groups is 1. The smallest absolute Gasteiger partial charge is 0.260 e. The fourth-order valence-corrected chi connectivity index (χ4v) is 3.75. The summed E-state index contributed by atoms with van der Waals surface area (Å²) in [7, 11) is 0. The lowest BCUT2D eigenvalue weighted by Crippen LogP contribution is -2.29. The summed E-state index contributed by atoms with van der Waals surface area (Å²) in [6.07, 6.45) is 3.14. The molecule has 2 heterocycles. The molecular weight excluding hydrogens is 343 g/mol. The van der Waals surface area contributed by atoms with E-state index in [9.17, 15) is 19.4 Å². The number of carbonyl (C=O) groups excluding carboxylic acids is 1. The zero-order valence-electron chi connectivity index (χ0n) is 14.1. The topological polar surface area (TPSA) is 81.9 Å². The Morgan fingerprint density at radius 2 is 2.04 bits per heavy atom. The van der Waals surface area contributed by atoms with Crippen molar-refractivity contribution in [3.63, 3.8) is 0 Å². The molecule has 1 aromatic rings. The molecule has 0 saturated heterocycles. The Kier molecular flexibility index (Phi) is 4.36. The van der Waals surface area contributed by atoms with E-state index in [1.54, 1.807) is 0 Å². The molecule has 0 fully saturated rings. The third-order valence-corrected chi connectivity index (χ3v) is 5.23. The van der Waals surface area contributed by atoms with Crippen molar-refractivity contribution in [2.24, 2.45) is 4.99 Å². The van der Waals surface area contributed by atoms with E-state index in [0.29, 0.717) is 5.56 Å². The number of anilines is 1. The Balaban J connectivity index is 1.86. The SMILES string of the molecule is CC(C)(C)c1cc(F)c(NC(=O)C2=C(O)C3SC=CC3N=C2)cc1O. The molecule has 0 spiro atoms. The Labute approximate surface area is 149 Å². The number of aliphatic hydroxyl groups excluding tert-OH is 1. The van der Waals surface area contributed by atoms with Gasteiger partial charge in [-0.3, -0.25) is 9.79 Å². The number of aliphatic hydroxyl groups is 1. The molecule has 0 aliphatic carbocycles. The predicted molar refractivity (Wildman–Crippen MR) is 97.8 cm³/mol. The highest BCUT2D eigenvalue weighted by molar-refractivity contribution is 8.03. The molecule has 0 radical (unpaired) electrons. The number of aliphatic imine (C=N–C) groups is 1. The van der Waals surface area contributed by atoms with E-state index in [1.807, 2.05) is 32.3 Å². The number of phenols is 1. The molecule has 3 N–H and O–H groups in total. The van der Waals surface area contributed by atoms with Gasteiger partial charge >= 0.3 is 0 Å². The van der Waals surface area contributed by atoms with Crippen LogP contribution in [0, 0.1) is 5.82 Å². The van der Waals surface area contributed by atoms with Gasteiger partial charge in [0.25, 0.3) is 5.91 Å². The Morgan fingerprint density at radius 1 is 1.32 bits per heavy atom. The first-order valence-electron chi connectivity index (χ1n) is 7.81. The quantitative estimate of drug-likeness (QED) is 0.750. The second-order valence-electron chi connectivity index (χ2n) is 7.01. The van der Waals surface area contributed by atoms with Crippen LogP contribution in [0.2, 0.25) is 0 Å². The van der Waals surface area contributed by atoms with Gasteiger partial charge in [-0.1, -0.05) is 26.8 Å². The van der Waals surface area contributed by atoms with Crippen molar-refractivity contribution in [1.82, 2.24) is 0 Å². The van der Waals surface area contributed by atoms with Crippen LogP contribution in [0.1, 0.15) is 26.3 Å². The number of nitrogens with zero attached hydrogens (tertiary/aromatic N) is 1. The van der Waals surface area contributed by atoms with Crippen LogP contribution in [0.15, 0.2) is 39.9 Å². The second kappa shape index (κ2) is 6.22. The largest absolute Gasteiger partial charge is 0.510 e. The average molecular weight is 362 g/mol. The minimum Gasteiger partial charge on any atom is -0.510 e. The van der Waals surface area contributed by atoms with Crippen molar-refractivity contribution in [3.8, 4) is 5.75 Å². The summed E-state index contributed by atoms with van der Waals surface area (Å²) in [4.78, 5) is 16.6. The highest BCUT2D eigenvalue weighted by atomic mass is 32.2. The normalized spacial score (nSPS) is 22.2. The summed E-state index contributed by atoms with van der Waals surface area (Å²) >= 11 is 1.38. The number of hydrogen-bond donors (Lipinski definition) is 3. The third-order valence-electron chi connectivity index (χ3n) is 4.12. The van der Waals surface area contributed by atoms with Crippen molar-refractivity contribution in [2.45, 2.75) is 37.5 Å². The maximum Gasteiger partial charge on any atom is 0.260 e. The Morgan fingerprint density at radius 3 is 2.72 bits per heavy atom. The molecule has 2 aliphatic heterocycles. The number of halogens is 1. The van der Waals surface area contributed by atoms with Crippen LogP contribution in [0.3, 0.4) is 0 Å². The van der Waals surface area contributed by atoms with Gasteiger partial charge < -0.3 is 15.5 Å². The summed E-state index contributed by atoms with van der Waals surface area (Å²) in [5, 5.41) is 24.3. The van der Waals surface area contributed by atoms with Gasteiger partial charge in [-0.25, -0.2) is 4.39 Å². The lowest BCUT2D eigenvalue weighted by atomic mass is 9.86. The van der Waals surface area contributed by atoms with E-state index in [2.05, 4.69) is 10.3 Å². The number of carbonyl (C=O) groups is 1. The maximum absolute atomic E-state index is 14.3. The summed E-state index contributed by atoms with van der Waals surface area (Å²) in [5.74, 6) is -1.51. The molecule has 0 aromatic heterocycles. The first kappa shape index (κ1) is 17.5. The fraction of sp³-hybridized carbons (Fsp3) is 0.333. The summed E-state index contributed by atoms with van der Waals surface area (Å²) in [6, 6.07) is 2.20. The van der Waals surface area contributed by atoms with Crippen LogP contribution in [-0.4, -0.2) is 33.6 Å². The molecule has 2 unspecified atom stereocenters.